The topological polar surface area (TPSA) is 90.1 Å². The summed E-state index contributed by atoms with van der Waals surface area (Å²) in [7, 11) is 1.98. The number of rotatable bonds is 6. The van der Waals surface area contributed by atoms with Crippen LogP contribution in [0.3, 0.4) is 0 Å². The van der Waals surface area contributed by atoms with E-state index in [1.165, 1.54) is 11.3 Å². The first-order valence-corrected chi connectivity index (χ1v) is 14.7. The van der Waals surface area contributed by atoms with E-state index in [9.17, 15) is 9.90 Å². The molecule has 1 N–H and O–H groups in total. The van der Waals surface area contributed by atoms with Gasteiger partial charge in [-0.25, -0.2) is 14.8 Å². The maximum atomic E-state index is 12.6. The zero-order valence-electron chi connectivity index (χ0n) is 23.8. The van der Waals surface area contributed by atoms with Crippen molar-refractivity contribution in [1.82, 2.24) is 19.5 Å². The van der Waals surface area contributed by atoms with Crippen LogP contribution in [-0.4, -0.2) is 36.2 Å². The van der Waals surface area contributed by atoms with Crippen LogP contribution in [0.4, 0.5) is 0 Å². The number of carboxylic acid groups (broad SMARTS) is 1. The van der Waals surface area contributed by atoms with Crippen molar-refractivity contribution in [1.29, 1.82) is 0 Å². The summed E-state index contributed by atoms with van der Waals surface area (Å²) in [5.74, 6) is -1.05. The van der Waals surface area contributed by atoms with Gasteiger partial charge < -0.3 is 14.4 Å². The normalized spacial score (nSPS) is 12.7. The average Bonchev–Trinajstić information content (AvgIpc) is 3.52. The number of aryl methyl sites for hydroxylation is 2. The number of halogens is 1. The second kappa shape index (κ2) is 10.6. The maximum absolute atomic E-state index is 12.6. The third-order valence-corrected chi connectivity index (χ3v) is 8.44. The molecule has 212 valence electrons. The third kappa shape index (κ3) is 5.17. The van der Waals surface area contributed by atoms with E-state index < -0.39 is 17.7 Å². The Hall–Kier alpha value is -4.11. The Bertz CT molecular complexity index is 1960. The number of aliphatic carboxylic acids is 1. The van der Waals surface area contributed by atoms with E-state index in [0.717, 1.165) is 59.6 Å². The van der Waals surface area contributed by atoms with Gasteiger partial charge in [-0.3, -0.25) is 4.98 Å². The minimum Gasteiger partial charge on any atom is -0.479 e. The second-order valence-electron chi connectivity index (χ2n) is 11.3. The summed E-state index contributed by atoms with van der Waals surface area (Å²) in [6.07, 6.45) is 6.34. The molecule has 6 rings (SSSR count). The van der Waals surface area contributed by atoms with E-state index in [2.05, 4.69) is 17.2 Å². The largest absolute Gasteiger partial charge is 0.479 e. The van der Waals surface area contributed by atoms with Gasteiger partial charge in [-0.1, -0.05) is 29.8 Å². The van der Waals surface area contributed by atoms with Crippen LogP contribution in [-0.2, 0) is 16.6 Å². The lowest BCUT2D eigenvalue weighted by atomic mass is 9.91. The first-order chi connectivity index (χ1) is 20.0. The molecular weight excluding hydrogens is 568 g/mol. The highest BCUT2D eigenvalue weighted by molar-refractivity contribution is 7.22. The number of thiazole rings is 1. The molecule has 2 aromatic carbocycles. The van der Waals surface area contributed by atoms with Crippen LogP contribution >= 0.6 is 22.9 Å². The fourth-order valence-corrected chi connectivity index (χ4v) is 6.52. The molecule has 0 aliphatic carbocycles. The van der Waals surface area contributed by atoms with Gasteiger partial charge in [0.25, 0.3) is 0 Å². The number of carbonyl (C=O) groups is 1. The van der Waals surface area contributed by atoms with Crippen molar-refractivity contribution < 1.29 is 14.6 Å². The minimum absolute atomic E-state index is 0.599. The van der Waals surface area contributed by atoms with Crippen molar-refractivity contribution in [2.24, 2.45) is 7.05 Å². The molecule has 0 aliphatic rings. The smallest absolute Gasteiger partial charge is 0.337 e. The van der Waals surface area contributed by atoms with Gasteiger partial charge in [0.15, 0.2) is 6.10 Å². The van der Waals surface area contributed by atoms with E-state index >= 15 is 0 Å². The maximum Gasteiger partial charge on any atom is 0.337 e. The molecule has 0 amide bonds. The number of benzene rings is 2. The predicted molar refractivity (Wildman–Crippen MR) is 169 cm³/mol. The molecule has 0 bridgehead atoms. The molecule has 6 aromatic rings. The SMILES string of the molecule is Cc1cc2nc(-c3cnc4c(c3)c(-c3cccnc3)cn4C)sc2c(-c2ccc(Cl)cc2)c1[C@H](OC(C)(C)C)C(=O)O. The summed E-state index contributed by atoms with van der Waals surface area (Å²) >= 11 is 7.75. The fraction of sp³-hybridized carbons (Fsp3) is 0.212. The van der Waals surface area contributed by atoms with Crippen LogP contribution in [0, 0.1) is 6.92 Å². The number of ether oxygens (including phenoxy) is 1. The Labute approximate surface area is 252 Å². The zero-order valence-corrected chi connectivity index (χ0v) is 25.4. The molecule has 4 aromatic heterocycles. The molecule has 0 fully saturated rings. The van der Waals surface area contributed by atoms with Crippen molar-refractivity contribution >= 4 is 50.2 Å². The van der Waals surface area contributed by atoms with Gasteiger partial charge in [0.1, 0.15) is 10.7 Å². The highest BCUT2D eigenvalue weighted by Crippen LogP contribution is 2.45. The number of nitrogens with zero attached hydrogens (tertiary/aromatic N) is 4. The van der Waals surface area contributed by atoms with Gasteiger partial charge in [-0.15, -0.1) is 11.3 Å². The van der Waals surface area contributed by atoms with Gasteiger partial charge in [-0.2, -0.15) is 0 Å². The van der Waals surface area contributed by atoms with Gasteiger partial charge in [-0.05, 0) is 69.2 Å². The first kappa shape index (κ1) is 28.0. The molecule has 0 radical (unpaired) electrons. The van der Waals surface area contributed by atoms with Gasteiger partial charge in [0.2, 0.25) is 0 Å². The number of pyridine rings is 2. The summed E-state index contributed by atoms with van der Waals surface area (Å²) in [6, 6.07) is 15.5. The Morgan fingerprint density at radius 2 is 1.83 bits per heavy atom. The molecule has 0 spiro atoms. The van der Waals surface area contributed by atoms with Crippen LogP contribution < -0.4 is 0 Å². The van der Waals surface area contributed by atoms with Gasteiger partial charge in [0, 0.05) is 70.1 Å². The number of aromatic nitrogens is 4. The van der Waals surface area contributed by atoms with Crippen LogP contribution in [0.15, 0.2) is 73.3 Å². The molecular formula is C33H29ClN4O3S. The van der Waals surface area contributed by atoms with E-state index in [1.807, 2.05) is 94.2 Å². The highest BCUT2D eigenvalue weighted by Gasteiger charge is 2.32. The summed E-state index contributed by atoms with van der Waals surface area (Å²) in [4.78, 5) is 26.7. The third-order valence-electron chi connectivity index (χ3n) is 7.05. The molecule has 1 atom stereocenters. The lowest BCUT2D eigenvalue weighted by Crippen LogP contribution is -2.28. The van der Waals surface area contributed by atoms with Crippen LogP contribution in [0.1, 0.15) is 38.0 Å². The van der Waals surface area contributed by atoms with Crippen molar-refractivity contribution in [3.63, 3.8) is 0 Å². The Morgan fingerprint density at radius 1 is 1.07 bits per heavy atom. The molecule has 42 heavy (non-hydrogen) atoms. The van der Waals surface area contributed by atoms with Crippen LogP contribution in [0.5, 0.6) is 0 Å². The fourth-order valence-electron chi connectivity index (χ4n) is 5.29. The van der Waals surface area contributed by atoms with Crippen molar-refractivity contribution in [2.75, 3.05) is 0 Å². The Balaban J connectivity index is 1.59. The summed E-state index contributed by atoms with van der Waals surface area (Å²) in [6.45, 7) is 7.48. The Morgan fingerprint density at radius 3 is 2.50 bits per heavy atom. The van der Waals surface area contributed by atoms with E-state index in [1.54, 1.807) is 6.20 Å². The molecule has 0 aliphatic heterocycles. The molecule has 0 saturated heterocycles. The molecule has 4 heterocycles. The van der Waals surface area contributed by atoms with E-state index in [4.69, 9.17) is 26.3 Å². The zero-order chi connectivity index (χ0) is 29.8. The van der Waals surface area contributed by atoms with Gasteiger partial charge in [0.05, 0.1) is 15.8 Å². The summed E-state index contributed by atoms with van der Waals surface area (Å²) in [5, 5.41) is 12.7. The first-order valence-electron chi connectivity index (χ1n) is 13.5. The quantitative estimate of drug-likeness (QED) is 0.207. The lowest BCUT2D eigenvalue weighted by molar-refractivity contribution is -0.160. The monoisotopic (exact) mass is 596 g/mol. The second-order valence-corrected chi connectivity index (χ2v) is 12.7. The number of hydrogen-bond donors (Lipinski definition) is 1. The van der Waals surface area contributed by atoms with E-state index in [0.29, 0.717) is 10.6 Å². The lowest BCUT2D eigenvalue weighted by Gasteiger charge is -2.28. The van der Waals surface area contributed by atoms with E-state index in [-0.39, 0.29) is 0 Å². The molecule has 7 nitrogen and oxygen atoms in total. The van der Waals surface area contributed by atoms with Crippen LogP contribution in [0.2, 0.25) is 5.02 Å². The summed E-state index contributed by atoms with van der Waals surface area (Å²) < 4.78 is 9.02. The van der Waals surface area contributed by atoms with Crippen molar-refractivity contribution in [2.45, 2.75) is 39.4 Å². The molecule has 0 unspecified atom stereocenters. The number of hydrogen-bond acceptors (Lipinski definition) is 6. The number of fused-ring (bicyclic) bond motifs is 2. The highest BCUT2D eigenvalue weighted by atomic mass is 35.5. The average molecular weight is 597 g/mol. The predicted octanol–water partition coefficient (Wildman–Crippen LogP) is 8.48. The molecule has 0 saturated carbocycles. The van der Waals surface area contributed by atoms with Crippen molar-refractivity contribution in [3.05, 3.63) is 89.5 Å². The van der Waals surface area contributed by atoms with Crippen LogP contribution in [0.25, 0.3) is 54.1 Å². The minimum atomic E-state index is -1.17. The molecule has 9 heteroatoms. The Kier molecular flexibility index (Phi) is 7.09. The summed E-state index contributed by atoms with van der Waals surface area (Å²) in [5.41, 5.74) is 6.92. The van der Waals surface area contributed by atoms with Gasteiger partial charge >= 0.3 is 5.97 Å². The van der Waals surface area contributed by atoms with Crippen molar-refractivity contribution in [3.8, 4) is 32.8 Å². The number of carboxylic acids is 1. The standard InChI is InChI=1S/C33H29ClN4O3S/c1-18-13-25-29(27(19-8-10-22(34)11-9-19)26(18)28(32(39)40)41-33(2,3)4)42-31(37-25)21-14-23-24(20-7-6-12-35-15-20)17-38(5)30(23)36-16-21/h6-17,28H,1-5H3,(H,39,40)/t28-/m0/s1.